The Morgan fingerprint density at radius 2 is 0.529 bits per heavy atom. The molecule has 0 saturated carbocycles. The molecule has 0 atom stereocenters. The third kappa shape index (κ3) is 8.42. The number of benzene rings is 4. The number of hydrogen-bond donors (Lipinski definition) is 0. The van der Waals surface area contributed by atoms with E-state index in [2.05, 4.69) is 156 Å². The molecule has 0 unspecified atom stereocenters. The Bertz CT molecular complexity index is 1560. The van der Waals surface area contributed by atoms with E-state index in [4.69, 9.17) is 23.1 Å². The zero-order valence-electron chi connectivity index (χ0n) is 34.0. The van der Waals surface area contributed by atoms with Crippen molar-refractivity contribution in [2.24, 2.45) is 0 Å². The van der Waals surface area contributed by atoms with Crippen LogP contribution >= 0.6 is 0 Å². The van der Waals surface area contributed by atoms with Gasteiger partial charge in [-0.15, -0.1) is 0 Å². The molecular formula is C44H60O5Si2. The van der Waals surface area contributed by atoms with Crippen LogP contribution in [-0.2, 0) is 25.8 Å². The van der Waals surface area contributed by atoms with Gasteiger partial charge in [0.15, 0.2) is 0 Å². The second-order valence-electron chi connectivity index (χ2n) is 17.3. The Balaban J connectivity index is 2.33. The van der Waals surface area contributed by atoms with Crippen LogP contribution < -0.4 is 39.7 Å². The molecule has 0 fully saturated rings. The van der Waals surface area contributed by atoms with Crippen LogP contribution in [0.4, 0.5) is 0 Å². The monoisotopic (exact) mass is 724 g/mol. The number of hydrogen-bond acceptors (Lipinski definition) is 5. The molecule has 274 valence electrons. The van der Waals surface area contributed by atoms with E-state index >= 15 is 0 Å². The normalized spacial score (nSPS) is 12.7. The largest absolute Gasteiger partial charge is 0.497 e. The summed E-state index contributed by atoms with van der Waals surface area (Å²) in [6.45, 7) is 27.2. The van der Waals surface area contributed by atoms with Crippen molar-refractivity contribution in [1.29, 1.82) is 0 Å². The van der Waals surface area contributed by atoms with Gasteiger partial charge in [-0.1, -0.05) is 132 Å². The molecule has 0 aromatic heterocycles. The van der Waals surface area contributed by atoms with Gasteiger partial charge in [-0.05, 0) is 68.2 Å². The highest BCUT2D eigenvalue weighted by molar-refractivity contribution is 6.93. The van der Waals surface area contributed by atoms with Gasteiger partial charge in [0.25, 0.3) is 18.1 Å². The SMILES string of the molecule is COc1cccc(C(C)(C)C)c1[Si](O[Si](c1c(OC)cccc1C(C)(C)C)c1c(OC)cccc1C(C)(C)C)c1c(OC)cccc1C(C)(C)C. The minimum absolute atomic E-state index is 0.206. The van der Waals surface area contributed by atoms with Gasteiger partial charge in [0.05, 0.1) is 28.4 Å². The molecule has 0 bridgehead atoms. The van der Waals surface area contributed by atoms with Crippen LogP contribution in [0, 0.1) is 0 Å². The van der Waals surface area contributed by atoms with Gasteiger partial charge in [-0.2, -0.15) is 0 Å². The lowest BCUT2D eigenvalue weighted by molar-refractivity contribution is 0.411. The molecule has 2 radical (unpaired) electrons. The topological polar surface area (TPSA) is 46.2 Å². The van der Waals surface area contributed by atoms with Crippen molar-refractivity contribution < 1.29 is 23.1 Å². The van der Waals surface area contributed by atoms with Gasteiger partial charge in [-0.3, -0.25) is 0 Å². The lowest BCUT2D eigenvalue weighted by atomic mass is 9.86. The van der Waals surface area contributed by atoms with Gasteiger partial charge in [-0.25, -0.2) is 0 Å². The molecule has 0 aliphatic heterocycles. The minimum Gasteiger partial charge on any atom is -0.497 e. The van der Waals surface area contributed by atoms with Crippen molar-refractivity contribution in [2.75, 3.05) is 28.4 Å². The van der Waals surface area contributed by atoms with E-state index in [-0.39, 0.29) is 21.7 Å². The fourth-order valence-corrected chi connectivity index (χ4v) is 14.2. The van der Waals surface area contributed by atoms with E-state index in [0.29, 0.717) is 0 Å². The molecule has 0 amide bonds. The Morgan fingerprint density at radius 3 is 0.686 bits per heavy atom. The lowest BCUT2D eigenvalue weighted by Crippen LogP contribution is -2.61. The molecule has 0 N–H and O–H groups in total. The highest BCUT2D eigenvalue weighted by atomic mass is 28.4. The molecule has 0 spiro atoms. The summed E-state index contributed by atoms with van der Waals surface area (Å²) < 4.78 is 33.3. The Morgan fingerprint density at radius 1 is 0.333 bits per heavy atom. The molecule has 0 aliphatic rings. The molecule has 0 saturated heterocycles. The van der Waals surface area contributed by atoms with Gasteiger partial charge in [0.2, 0.25) is 0 Å². The molecule has 4 aromatic rings. The quantitative estimate of drug-likeness (QED) is 0.156. The summed E-state index contributed by atoms with van der Waals surface area (Å²) in [4.78, 5) is 0. The third-order valence-corrected chi connectivity index (χ3v) is 14.8. The number of ether oxygens (including phenoxy) is 4. The summed E-state index contributed by atoms with van der Waals surface area (Å²) in [6, 6.07) is 25.6. The molecule has 0 heterocycles. The molecule has 4 aromatic carbocycles. The van der Waals surface area contributed by atoms with Crippen molar-refractivity contribution in [3.8, 4) is 23.0 Å². The minimum atomic E-state index is -2.19. The Hall–Kier alpha value is -3.53. The van der Waals surface area contributed by atoms with E-state index in [9.17, 15) is 0 Å². The summed E-state index contributed by atoms with van der Waals surface area (Å²) in [5.41, 5.74) is 3.93. The first-order valence-electron chi connectivity index (χ1n) is 17.8. The zero-order valence-corrected chi connectivity index (χ0v) is 36.0. The van der Waals surface area contributed by atoms with Crippen LogP contribution in [0.1, 0.15) is 105 Å². The van der Waals surface area contributed by atoms with Crippen molar-refractivity contribution in [3.63, 3.8) is 0 Å². The summed E-state index contributed by atoms with van der Waals surface area (Å²) >= 11 is 0. The van der Waals surface area contributed by atoms with Gasteiger partial charge >= 0.3 is 0 Å². The van der Waals surface area contributed by atoms with Crippen LogP contribution in [0.3, 0.4) is 0 Å². The fourth-order valence-electron chi connectivity index (χ4n) is 6.80. The molecule has 5 nitrogen and oxygen atoms in total. The second kappa shape index (κ2) is 15.2. The first-order chi connectivity index (χ1) is 23.7. The lowest BCUT2D eigenvalue weighted by Gasteiger charge is -2.36. The highest BCUT2D eigenvalue weighted by Crippen LogP contribution is 2.33. The van der Waals surface area contributed by atoms with Crippen molar-refractivity contribution >= 4 is 38.8 Å². The van der Waals surface area contributed by atoms with Crippen LogP contribution in [0.25, 0.3) is 0 Å². The van der Waals surface area contributed by atoms with Crippen molar-refractivity contribution in [2.45, 2.75) is 105 Å². The Labute approximate surface area is 312 Å². The predicted molar refractivity (Wildman–Crippen MR) is 218 cm³/mol. The van der Waals surface area contributed by atoms with Gasteiger partial charge < -0.3 is 23.1 Å². The Kier molecular flexibility index (Phi) is 12.0. The van der Waals surface area contributed by atoms with E-state index in [1.54, 1.807) is 28.4 Å². The van der Waals surface area contributed by atoms with E-state index in [1.807, 2.05) is 0 Å². The van der Waals surface area contributed by atoms with Crippen LogP contribution in [0.5, 0.6) is 23.0 Å². The predicted octanol–water partition coefficient (Wildman–Crippen LogP) is 7.84. The molecule has 0 aliphatic carbocycles. The zero-order chi connectivity index (χ0) is 38.1. The van der Waals surface area contributed by atoms with Crippen LogP contribution in [-0.4, -0.2) is 46.5 Å². The summed E-state index contributed by atoms with van der Waals surface area (Å²) in [6.07, 6.45) is 0. The average Bonchev–Trinajstić information content (AvgIpc) is 3.06. The average molecular weight is 725 g/mol. The maximum atomic E-state index is 8.19. The van der Waals surface area contributed by atoms with E-state index in [1.165, 1.54) is 22.3 Å². The van der Waals surface area contributed by atoms with Crippen molar-refractivity contribution in [3.05, 3.63) is 95.1 Å². The van der Waals surface area contributed by atoms with Crippen LogP contribution in [0.15, 0.2) is 72.8 Å². The smallest absolute Gasteiger partial charge is 0.280 e. The van der Waals surface area contributed by atoms with Crippen molar-refractivity contribution in [1.82, 2.24) is 0 Å². The summed E-state index contributed by atoms with van der Waals surface area (Å²) in [7, 11) is 2.68. The number of rotatable bonds is 10. The van der Waals surface area contributed by atoms with E-state index in [0.717, 1.165) is 43.7 Å². The third-order valence-electron chi connectivity index (χ3n) is 9.33. The molecule has 51 heavy (non-hydrogen) atoms. The molecule has 4 rings (SSSR count). The first kappa shape index (κ1) is 40.2. The van der Waals surface area contributed by atoms with Gasteiger partial charge in [0.1, 0.15) is 23.0 Å². The summed E-state index contributed by atoms with van der Waals surface area (Å²) in [5.74, 6) is 3.26. The first-order valence-corrected chi connectivity index (χ1v) is 20.7. The fraction of sp³-hybridized carbons (Fsp3) is 0.455. The molecule has 7 heteroatoms. The summed E-state index contributed by atoms with van der Waals surface area (Å²) in [5, 5.41) is 4.37. The van der Waals surface area contributed by atoms with E-state index < -0.39 is 18.1 Å². The van der Waals surface area contributed by atoms with Crippen LogP contribution in [0.2, 0.25) is 0 Å². The van der Waals surface area contributed by atoms with Gasteiger partial charge in [0, 0.05) is 20.7 Å². The second-order valence-corrected chi connectivity index (χ2v) is 21.4. The maximum Gasteiger partial charge on any atom is 0.280 e. The standard InChI is InChI=1S/C44H60O5Si2/c1-41(2,3)29-21-17-25-33(45-13)37(29)50(38-30(42(4,5)6)22-18-26-34(38)46-14)49-51(39-31(43(7,8)9)23-19-27-35(39)47-15)40-32(44(10,11)12)24-20-28-36(40)48-16/h17-28H,1-16H3. The highest BCUT2D eigenvalue weighted by Gasteiger charge is 2.43. The maximum absolute atomic E-state index is 8.19. The number of methoxy groups -OCH3 is 4. The molecular weight excluding hydrogens is 665 g/mol.